The SMILES string of the molecule is CN1C[C@H]2CC(NC(=O)c3nn(C)c4ccccc34)C[C@@H](C1)N2C. The predicted octanol–water partition coefficient (Wildman–Crippen LogP) is 1.08. The number of rotatable bonds is 2. The largest absolute Gasteiger partial charge is 0.348 e. The second-order valence-corrected chi connectivity index (χ2v) is 7.33. The Kier molecular flexibility index (Phi) is 3.81. The highest BCUT2D eigenvalue weighted by atomic mass is 16.2. The monoisotopic (exact) mass is 327 g/mol. The van der Waals surface area contributed by atoms with Crippen molar-refractivity contribution in [3.05, 3.63) is 30.0 Å². The van der Waals surface area contributed by atoms with Crippen LogP contribution in [0.4, 0.5) is 0 Å². The van der Waals surface area contributed by atoms with Crippen molar-refractivity contribution in [1.82, 2.24) is 24.9 Å². The molecule has 128 valence electrons. The topological polar surface area (TPSA) is 53.4 Å². The smallest absolute Gasteiger partial charge is 0.272 e. The quantitative estimate of drug-likeness (QED) is 0.897. The van der Waals surface area contributed by atoms with E-state index in [2.05, 4.69) is 34.3 Å². The van der Waals surface area contributed by atoms with Crippen LogP contribution in [0.1, 0.15) is 23.3 Å². The second-order valence-electron chi connectivity index (χ2n) is 7.33. The van der Waals surface area contributed by atoms with Crippen molar-refractivity contribution in [2.75, 3.05) is 27.2 Å². The third-order valence-electron chi connectivity index (χ3n) is 5.62. The third kappa shape index (κ3) is 2.59. The van der Waals surface area contributed by atoms with Crippen LogP contribution in [-0.4, -0.2) is 70.8 Å². The summed E-state index contributed by atoms with van der Waals surface area (Å²) in [7, 11) is 6.29. The van der Waals surface area contributed by atoms with Gasteiger partial charge >= 0.3 is 0 Å². The summed E-state index contributed by atoms with van der Waals surface area (Å²) in [5.41, 5.74) is 1.53. The Morgan fingerprint density at radius 3 is 2.50 bits per heavy atom. The standard InChI is InChI=1S/C18H25N5O/c1-21-10-13-8-12(9-14(11-21)22(13)2)19-18(24)17-15-6-4-5-7-16(15)23(3)20-17/h4-7,12-14H,8-11H2,1-3H3,(H,19,24)/t12?,13-,14+. The fourth-order valence-corrected chi connectivity index (χ4v) is 4.34. The molecule has 6 nitrogen and oxygen atoms in total. The van der Waals surface area contributed by atoms with Gasteiger partial charge in [-0.05, 0) is 33.0 Å². The van der Waals surface area contributed by atoms with Crippen LogP contribution in [0, 0.1) is 0 Å². The number of nitrogens with zero attached hydrogens (tertiary/aromatic N) is 4. The fraction of sp³-hybridized carbons (Fsp3) is 0.556. The first-order chi connectivity index (χ1) is 11.5. The zero-order valence-electron chi connectivity index (χ0n) is 14.6. The van der Waals surface area contributed by atoms with E-state index in [0.717, 1.165) is 36.8 Å². The number of amides is 1. The molecule has 2 aliphatic heterocycles. The normalized spacial score (nSPS) is 28.2. The van der Waals surface area contributed by atoms with Gasteiger partial charge in [0.2, 0.25) is 0 Å². The summed E-state index contributed by atoms with van der Waals surface area (Å²) in [6.45, 7) is 2.15. The van der Waals surface area contributed by atoms with E-state index in [0.29, 0.717) is 17.8 Å². The number of carbonyl (C=O) groups excluding carboxylic acids is 1. The summed E-state index contributed by atoms with van der Waals surface area (Å²) in [6, 6.07) is 9.17. The number of hydrogen-bond donors (Lipinski definition) is 1. The number of carbonyl (C=O) groups is 1. The molecule has 3 heterocycles. The minimum absolute atomic E-state index is 0.0484. The maximum Gasteiger partial charge on any atom is 0.272 e. The molecule has 0 saturated carbocycles. The van der Waals surface area contributed by atoms with Crippen molar-refractivity contribution in [3.8, 4) is 0 Å². The van der Waals surface area contributed by atoms with Gasteiger partial charge in [-0.1, -0.05) is 18.2 Å². The molecule has 2 saturated heterocycles. The van der Waals surface area contributed by atoms with Crippen LogP contribution in [0.15, 0.2) is 24.3 Å². The van der Waals surface area contributed by atoms with Gasteiger partial charge in [0.1, 0.15) is 0 Å². The number of para-hydroxylation sites is 1. The highest BCUT2D eigenvalue weighted by Crippen LogP contribution is 2.27. The molecular formula is C18H25N5O. The number of hydrogen-bond acceptors (Lipinski definition) is 4. The van der Waals surface area contributed by atoms with Crippen LogP contribution >= 0.6 is 0 Å². The van der Waals surface area contributed by atoms with Crippen LogP contribution in [0.2, 0.25) is 0 Å². The summed E-state index contributed by atoms with van der Waals surface area (Å²) >= 11 is 0. The summed E-state index contributed by atoms with van der Waals surface area (Å²) in [5.74, 6) is -0.0484. The van der Waals surface area contributed by atoms with Crippen LogP contribution in [0.3, 0.4) is 0 Å². The average molecular weight is 327 g/mol. The lowest BCUT2D eigenvalue weighted by Crippen LogP contribution is -2.63. The van der Waals surface area contributed by atoms with Gasteiger partial charge in [-0.25, -0.2) is 0 Å². The molecule has 1 unspecified atom stereocenters. The van der Waals surface area contributed by atoms with Gasteiger partial charge < -0.3 is 10.2 Å². The lowest BCUT2D eigenvalue weighted by atomic mass is 9.88. The van der Waals surface area contributed by atoms with Gasteiger partial charge in [-0.3, -0.25) is 14.4 Å². The van der Waals surface area contributed by atoms with Gasteiger partial charge in [0.25, 0.3) is 5.91 Å². The Bertz CT molecular complexity index is 754. The average Bonchev–Trinajstić information content (AvgIpc) is 2.87. The van der Waals surface area contributed by atoms with Gasteiger partial charge in [0, 0.05) is 43.6 Å². The number of aromatic nitrogens is 2. The lowest BCUT2D eigenvalue weighted by molar-refractivity contribution is 0.00837. The summed E-state index contributed by atoms with van der Waals surface area (Å²) in [6.07, 6.45) is 2.02. The molecule has 2 bridgehead atoms. The third-order valence-corrected chi connectivity index (χ3v) is 5.62. The molecule has 3 atom stereocenters. The molecule has 2 aliphatic rings. The molecule has 1 aromatic carbocycles. The van der Waals surface area contributed by atoms with Crippen molar-refractivity contribution in [2.24, 2.45) is 7.05 Å². The Hall–Kier alpha value is -1.92. The van der Waals surface area contributed by atoms with E-state index in [1.165, 1.54) is 0 Å². The molecule has 1 aromatic heterocycles. The molecule has 0 radical (unpaired) electrons. The Balaban J connectivity index is 1.52. The van der Waals surface area contributed by atoms with Crippen molar-refractivity contribution in [1.29, 1.82) is 0 Å². The second kappa shape index (κ2) is 5.86. The number of aryl methyl sites for hydroxylation is 1. The van der Waals surface area contributed by atoms with Crippen molar-refractivity contribution in [2.45, 2.75) is 31.0 Å². The predicted molar refractivity (Wildman–Crippen MR) is 94.0 cm³/mol. The minimum atomic E-state index is -0.0484. The summed E-state index contributed by atoms with van der Waals surface area (Å²) in [4.78, 5) is 17.7. The Morgan fingerprint density at radius 2 is 1.79 bits per heavy atom. The first-order valence-electron chi connectivity index (χ1n) is 8.66. The number of likely N-dealkylation sites (N-methyl/N-ethyl adjacent to an activating group) is 2. The lowest BCUT2D eigenvalue weighted by Gasteiger charge is -2.50. The molecule has 1 N–H and O–H groups in total. The minimum Gasteiger partial charge on any atom is -0.348 e. The van der Waals surface area contributed by atoms with Gasteiger partial charge in [0.05, 0.1) is 5.52 Å². The molecule has 24 heavy (non-hydrogen) atoms. The molecule has 0 spiro atoms. The molecule has 0 aliphatic carbocycles. The van der Waals surface area contributed by atoms with Gasteiger partial charge in [-0.2, -0.15) is 5.10 Å². The number of nitrogens with one attached hydrogen (secondary N) is 1. The van der Waals surface area contributed by atoms with E-state index in [1.807, 2.05) is 31.3 Å². The van der Waals surface area contributed by atoms with E-state index in [4.69, 9.17) is 0 Å². The highest BCUT2D eigenvalue weighted by molar-refractivity contribution is 6.04. The van der Waals surface area contributed by atoms with E-state index in [9.17, 15) is 4.79 Å². The maximum atomic E-state index is 12.8. The molecular weight excluding hydrogens is 302 g/mol. The summed E-state index contributed by atoms with van der Waals surface area (Å²) < 4.78 is 1.78. The van der Waals surface area contributed by atoms with Crippen molar-refractivity contribution >= 4 is 16.8 Å². The fourth-order valence-electron chi connectivity index (χ4n) is 4.34. The Morgan fingerprint density at radius 1 is 1.12 bits per heavy atom. The molecule has 4 rings (SSSR count). The maximum absolute atomic E-state index is 12.8. The molecule has 2 fully saturated rings. The van der Waals surface area contributed by atoms with Crippen LogP contribution < -0.4 is 5.32 Å². The number of likely N-dealkylation sites (tertiary alicyclic amines) is 1. The zero-order chi connectivity index (χ0) is 16.8. The summed E-state index contributed by atoms with van der Waals surface area (Å²) in [5, 5.41) is 8.61. The first-order valence-corrected chi connectivity index (χ1v) is 8.66. The Labute approximate surface area is 142 Å². The number of piperidine rings is 1. The van der Waals surface area contributed by atoms with Gasteiger partial charge in [-0.15, -0.1) is 0 Å². The number of fused-ring (bicyclic) bond motifs is 3. The van der Waals surface area contributed by atoms with Gasteiger partial charge in [0.15, 0.2) is 5.69 Å². The van der Waals surface area contributed by atoms with Crippen molar-refractivity contribution in [3.63, 3.8) is 0 Å². The van der Waals surface area contributed by atoms with E-state index in [-0.39, 0.29) is 11.9 Å². The van der Waals surface area contributed by atoms with E-state index < -0.39 is 0 Å². The molecule has 2 aromatic rings. The molecule has 1 amide bonds. The van der Waals surface area contributed by atoms with E-state index >= 15 is 0 Å². The molecule has 6 heteroatoms. The highest BCUT2D eigenvalue weighted by Gasteiger charge is 2.38. The van der Waals surface area contributed by atoms with Crippen LogP contribution in [-0.2, 0) is 7.05 Å². The van der Waals surface area contributed by atoms with Crippen LogP contribution in [0.25, 0.3) is 10.9 Å². The van der Waals surface area contributed by atoms with Crippen LogP contribution in [0.5, 0.6) is 0 Å². The van der Waals surface area contributed by atoms with Crippen molar-refractivity contribution < 1.29 is 4.79 Å². The number of benzene rings is 1. The number of piperazine rings is 1. The van der Waals surface area contributed by atoms with E-state index in [1.54, 1.807) is 4.68 Å². The first kappa shape index (κ1) is 15.6. The zero-order valence-corrected chi connectivity index (χ0v) is 14.6.